The zero-order chi connectivity index (χ0) is 15.9. The summed E-state index contributed by atoms with van der Waals surface area (Å²) < 4.78 is 0. The van der Waals surface area contributed by atoms with Gasteiger partial charge in [-0.1, -0.05) is 0 Å². The zero-order valence-electron chi connectivity index (χ0n) is 13.5. The largest absolute Gasteiger partial charge is 0.357 e. The Morgan fingerprint density at radius 2 is 2.05 bits per heavy atom. The van der Waals surface area contributed by atoms with Crippen molar-refractivity contribution in [2.24, 2.45) is 4.99 Å². The van der Waals surface area contributed by atoms with E-state index in [1.807, 2.05) is 33.8 Å². The molecule has 2 aromatic heterocycles. The Hall–Kier alpha value is -2.02. The van der Waals surface area contributed by atoms with Crippen LogP contribution in [0.1, 0.15) is 34.0 Å². The minimum absolute atomic E-state index is 0.527. The van der Waals surface area contributed by atoms with Crippen molar-refractivity contribution in [2.75, 3.05) is 6.54 Å². The molecule has 2 heterocycles. The number of nitrogens with zero attached hydrogens (tertiary/aromatic N) is 4. The van der Waals surface area contributed by atoms with Gasteiger partial charge >= 0.3 is 0 Å². The second-order valence-electron chi connectivity index (χ2n) is 4.89. The fourth-order valence-electron chi connectivity index (χ4n) is 2.00. The number of thiazole rings is 1. The second-order valence-corrected chi connectivity index (χ2v) is 6.17. The summed E-state index contributed by atoms with van der Waals surface area (Å²) in [5, 5.41) is 7.68. The van der Waals surface area contributed by atoms with Gasteiger partial charge in [0.1, 0.15) is 5.82 Å². The van der Waals surface area contributed by atoms with E-state index < -0.39 is 0 Å². The van der Waals surface area contributed by atoms with Gasteiger partial charge in [0, 0.05) is 17.6 Å². The predicted octanol–water partition coefficient (Wildman–Crippen LogP) is 2.11. The molecule has 0 aliphatic carbocycles. The first kappa shape index (κ1) is 16.4. The van der Waals surface area contributed by atoms with Crippen molar-refractivity contribution >= 4 is 17.3 Å². The Balaban J connectivity index is 1.99. The van der Waals surface area contributed by atoms with Crippen LogP contribution >= 0.6 is 11.3 Å². The first-order valence-electron chi connectivity index (χ1n) is 7.32. The fraction of sp³-hybridized carbons (Fsp3) is 0.467. The average Bonchev–Trinajstić information content (AvgIpc) is 2.80. The number of aromatic nitrogens is 3. The molecular formula is C15H22N6S. The normalized spacial score (nSPS) is 11.5. The molecule has 0 saturated carbocycles. The second kappa shape index (κ2) is 7.84. The number of hydrogen-bond acceptors (Lipinski definition) is 5. The summed E-state index contributed by atoms with van der Waals surface area (Å²) >= 11 is 1.71. The molecule has 2 aromatic rings. The maximum atomic E-state index is 4.56. The molecule has 2 N–H and O–H groups in total. The van der Waals surface area contributed by atoms with E-state index in [2.05, 4.69) is 30.6 Å². The van der Waals surface area contributed by atoms with E-state index >= 15 is 0 Å². The van der Waals surface area contributed by atoms with Crippen LogP contribution in [0.25, 0.3) is 0 Å². The molecule has 0 unspecified atom stereocenters. The molecule has 118 valence electrons. The number of guanidine groups is 1. The van der Waals surface area contributed by atoms with Gasteiger partial charge in [-0.25, -0.2) is 19.9 Å². The van der Waals surface area contributed by atoms with Crippen molar-refractivity contribution < 1.29 is 0 Å². The Kier molecular flexibility index (Phi) is 5.83. The molecule has 0 aromatic carbocycles. The third-order valence-corrected chi connectivity index (χ3v) is 4.07. The summed E-state index contributed by atoms with van der Waals surface area (Å²) in [6.07, 6.45) is 1.76. The maximum absolute atomic E-state index is 4.56. The molecule has 22 heavy (non-hydrogen) atoms. The van der Waals surface area contributed by atoms with Gasteiger partial charge in [-0.2, -0.15) is 0 Å². The van der Waals surface area contributed by atoms with Crippen molar-refractivity contribution in [3.05, 3.63) is 39.4 Å². The van der Waals surface area contributed by atoms with E-state index in [4.69, 9.17) is 0 Å². The lowest BCUT2D eigenvalue weighted by Crippen LogP contribution is -2.36. The van der Waals surface area contributed by atoms with Crippen molar-refractivity contribution in [2.45, 2.75) is 40.8 Å². The molecule has 2 rings (SSSR count). The van der Waals surface area contributed by atoms with Crippen molar-refractivity contribution in [3.63, 3.8) is 0 Å². The summed E-state index contributed by atoms with van der Waals surface area (Å²) in [5.74, 6) is 1.55. The summed E-state index contributed by atoms with van der Waals surface area (Å²) in [6, 6.07) is 1.89. The Bertz CT molecular complexity index is 649. The van der Waals surface area contributed by atoms with Crippen LogP contribution in [-0.4, -0.2) is 27.5 Å². The average molecular weight is 318 g/mol. The number of aryl methyl sites for hydroxylation is 3. The lowest BCUT2D eigenvalue weighted by Gasteiger charge is -2.10. The van der Waals surface area contributed by atoms with Crippen molar-refractivity contribution in [3.8, 4) is 0 Å². The van der Waals surface area contributed by atoms with Gasteiger partial charge in [0.2, 0.25) is 0 Å². The minimum Gasteiger partial charge on any atom is -0.357 e. The van der Waals surface area contributed by atoms with E-state index in [0.29, 0.717) is 6.54 Å². The van der Waals surface area contributed by atoms with Crippen LogP contribution in [0, 0.1) is 20.8 Å². The maximum Gasteiger partial charge on any atom is 0.191 e. The highest BCUT2D eigenvalue weighted by Gasteiger charge is 2.06. The molecule has 0 radical (unpaired) electrons. The van der Waals surface area contributed by atoms with Gasteiger partial charge in [-0.05, 0) is 33.8 Å². The quantitative estimate of drug-likeness (QED) is 0.652. The van der Waals surface area contributed by atoms with Crippen LogP contribution in [0.3, 0.4) is 0 Å². The van der Waals surface area contributed by atoms with Crippen LogP contribution in [0.5, 0.6) is 0 Å². The monoisotopic (exact) mass is 318 g/mol. The molecule has 0 aliphatic heterocycles. The van der Waals surface area contributed by atoms with Crippen LogP contribution < -0.4 is 10.6 Å². The Labute approximate surface area is 135 Å². The van der Waals surface area contributed by atoms with E-state index in [1.54, 1.807) is 17.5 Å². The van der Waals surface area contributed by atoms with Gasteiger partial charge in [0.25, 0.3) is 0 Å². The van der Waals surface area contributed by atoms with Crippen molar-refractivity contribution in [1.29, 1.82) is 0 Å². The lowest BCUT2D eigenvalue weighted by atomic mass is 10.4. The molecule has 0 aliphatic rings. The van der Waals surface area contributed by atoms with Crippen LogP contribution in [0.15, 0.2) is 17.3 Å². The highest BCUT2D eigenvalue weighted by molar-refractivity contribution is 7.11. The topological polar surface area (TPSA) is 75.1 Å². The molecule has 6 nitrogen and oxygen atoms in total. The van der Waals surface area contributed by atoms with E-state index in [1.165, 1.54) is 4.88 Å². The van der Waals surface area contributed by atoms with Crippen LogP contribution in [0.2, 0.25) is 0 Å². The molecule has 0 saturated heterocycles. The molecule has 0 atom stereocenters. The first-order chi connectivity index (χ1) is 10.6. The molecule has 7 heteroatoms. The zero-order valence-corrected chi connectivity index (χ0v) is 14.3. The van der Waals surface area contributed by atoms with E-state index in [9.17, 15) is 0 Å². The Morgan fingerprint density at radius 1 is 1.23 bits per heavy atom. The highest BCUT2D eigenvalue weighted by atomic mass is 32.1. The Morgan fingerprint density at radius 3 is 2.68 bits per heavy atom. The minimum atomic E-state index is 0.527. The fourth-order valence-corrected chi connectivity index (χ4v) is 2.87. The lowest BCUT2D eigenvalue weighted by molar-refractivity contribution is 0.811. The number of nitrogens with one attached hydrogen (secondary N) is 2. The summed E-state index contributed by atoms with van der Waals surface area (Å²) in [6.45, 7) is 10.1. The van der Waals surface area contributed by atoms with Gasteiger partial charge in [-0.3, -0.25) is 0 Å². The van der Waals surface area contributed by atoms with E-state index in [0.717, 1.165) is 41.3 Å². The summed E-state index contributed by atoms with van der Waals surface area (Å²) in [4.78, 5) is 18.7. The van der Waals surface area contributed by atoms with Crippen LogP contribution in [-0.2, 0) is 13.1 Å². The highest BCUT2D eigenvalue weighted by Crippen LogP contribution is 2.16. The standard InChI is InChI=1S/C15H22N6S/c1-5-16-15(18-8-13-6-7-17-11(3)21-13)19-9-14-10(2)20-12(4)22-14/h6-7H,5,8-9H2,1-4H3,(H2,16,18,19). The predicted molar refractivity (Wildman–Crippen MR) is 90.0 cm³/mol. The SMILES string of the molecule is CCNC(=NCc1ccnc(C)n1)NCc1sc(C)nc1C. The smallest absolute Gasteiger partial charge is 0.191 e. The van der Waals surface area contributed by atoms with Gasteiger partial charge in [-0.15, -0.1) is 11.3 Å². The molecule has 0 spiro atoms. The molecule has 0 amide bonds. The van der Waals surface area contributed by atoms with E-state index in [-0.39, 0.29) is 0 Å². The van der Waals surface area contributed by atoms with Gasteiger partial charge < -0.3 is 10.6 Å². The summed E-state index contributed by atoms with van der Waals surface area (Å²) in [5.41, 5.74) is 1.99. The van der Waals surface area contributed by atoms with Crippen LogP contribution in [0.4, 0.5) is 0 Å². The molecule has 0 bridgehead atoms. The molecular weight excluding hydrogens is 296 g/mol. The van der Waals surface area contributed by atoms with Crippen molar-refractivity contribution in [1.82, 2.24) is 25.6 Å². The first-order valence-corrected chi connectivity index (χ1v) is 8.13. The third kappa shape index (κ3) is 4.77. The molecule has 0 fully saturated rings. The third-order valence-electron chi connectivity index (χ3n) is 2.99. The summed E-state index contributed by atoms with van der Waals surface area (Å²) in [7, 11) is 0. The number of rotatable bonds is 5. The number of aliphatic imine (C=N–C) groups is 1. The van der Waals surface area contributed by atoms with Gasteiger partial charge in [0.15, 0.2) is 5.96 Å². The number of hydrogen-bond donors (Lipinski definition) is 2. The van der Waals surface area contributed by atoms with Gasteiger partial charge in [0.05, 0.1) is 29.5 Å².